The second-order valence-corrected chi connectivity index (χ2v) is 6.63. The van der Waals surface area contributed by atoms with E-state index in [0.717, 1.165) is 34.4 Å². The summed E-state index contributed by atoms with van der Waals surface area (Å²) in [4.78, 5) is 4.54. The van der Waals surface area contributed by atoms with Gasteiger partial charge in [-0.05, 0) is 41.3 Å². The summed E-state index contributed by atoms with van der Waals surface area (Å²) >= 11 is 1.35. The maximum atomic E-state index is 13.0. The van der Waals surface area contributed by atoms with E-state index < -0.39 is 0 Å². The van der Waals surface area contributed by atoms with Gasteiger partial charge >= 0.3 is 0 Å². The number of halogens is 1. The van der Waals surface area contributed by atoms with Gasteiger partial charge in [-0.3, -0.25) is 0 Å². The van der Waals surface area contributed by atoms with Gasteiger partial charge in [0.2, 0.25) is 5.13 Å². The van der Waals surface area contributed by atoms with Crippen LogP contribution in [-0.4, -0.2) is 23.0 Å². The van der Waals surface area contributed by atoms with Crippen molar-refractivity contribution in [2.75, 3.05) is 19.0 Å². The fraction of sp³-hybridized carbons (Fsp3) is 0.263. The highest BCUT2D eigenvalue weighted by molar-refractivity contribution is 7.09. The Bertz CT molecular complexity index is 820. The first kappa shape index (κ1) is 17.4. The monoisotopic (exact) mass is 357 g/mol. The highest BCUT2D eigenvalue weighted by Gasteiger charge is 2.09. The van der Waals surface area contributed by atoms with Gasteiger partial charge in [0, 0.05) is 24.5 Å². The van der Waals surface area contributed by atoms with Crippen LogP contribution in [0, 0.1) is 5.82 Å². The molecule has 0 aliphatic heterocycles. The maximum Gasteiger partial charge on any atom is 0.202 e. The zero-order valence-electron chi connectivity index (χ0n) is 14.2. The van der Waals surface area contributed by atoms with Crippen molar-refractivity contribution in [1.29, 1.82) is 0 Å². The molecule has 0 spiro atoms. The third-order valence-corrected chi connectivity index (χ3v) is 4.67. The first-order valence-electron chi connectivity index (χ1n) is 8.09. The van der Waals surface area contributed by atoms with E-state index in [9.17, 15) is 4.39 Å². The van der Waals surface area contributed by atoms with Crippen molar-refractivity contribution in [3.05, 3.63) is 71.3 Å². The van der Waals surface area contributed by atoms with Crippen molar-refractivity contribution in [2.24, 2.45) is 0 Å². The van der Waals surface area contributed by atoms with Crippen molar-refractivity contribution in [2.45, 2.75) is 19.3 Å². The Morgan fingerprint density at radius 3 is 2.76 bits per heavy atom. The molecule has 0 aliphatic rings. The molecule has 0 radical (unpaired) electrons. The molecule has 0 bridgehead atoms. The smallest absolute Gasteiger partial charge is 0.202 e. The van der Waals surface area contributed by atoms with Gasteiger partial charge < -0.3 is 10.1 Å². The quantitative estimate of drug-likeness (QED) is 0.677. The molecule has 4 nitrogen and oxygen atoms in total. The van der Waals surface area contributed by atoms with Gasteiger partial charge in [0.25, 0.3) is 0 Å². The highest BCUT2D eigenvalue weighted by atomic mass is 32.1. The van der Waals surface area contributed by atoms with Crippen LogP contribution in [0.3, 0.4) is 0 Å². The van der Waals surface area contributed by atoms with Gasteiger partial charge in [-0.25, -0.2) is 9.37 Å². The number of rotatable bonds is 7. The fourth-order valence-corrected chi connectivity index (χ4v) is 3.10. The van der Waals surface area contributed by atoms with E-state index in [4.69, 9.17) is 4.74 Å². The van der Waals surface area contributed by atoms with E-state index in [1.165, 1.54) is 23.7 Å². The minimum absolute atomic E-state index is 0.213. The maximum absolute atomic E-state index is 13.0. The molecule has 0 unspecified atom stereocenters. The SMILES string of the molecule is COc1cccc(Cc2nsc(NC[C@H](C)c3ccc(F)cc3)n2)c1. The summed E-state index contributed by atoms with van der Waals surface area (Å²) in [6.45, 7) is 2.82. The lowest BCUT2D eigenvalue weighted by Crippen LogP contribution is -2.09. The van der Waals surface area contributed by atoms with Crippen molar-refractivity contribution < 1.29 is 9.13 Å². The number of nitrogens with zero attached hydrogens (tertiary/aromatic N) is 2. The normalized spacial score (nSPS) is 12.0. The number of anilines is 1. The molecule has 0 amide bonds. The van der Waals surface area contributed by atoms with Gasteiger partial charge in [-0.2, -0.15) is 4.37 Å². The molecule has 0 saturated carbocycles. The van der Waals surface area contributed by atoms with Gasteiger partial charge in [0.1, 0.15) is 17.4 Å². The zero-order valence-corrected chi connectivity index (χ0v) is 15.0. The third kappa shape index (κ3) is 4.76. The molecule has 3 aromatic rings. The summed E-state index contributed by atoms with van der Waals surface area (Å²) in [6.07, 6.45) is 0.670. The summed E-state index contributed by atoms with van der Waals surface area (Å²) < 4.78 is 22.6. The molecule has 2 aromatic carbocycles. The van der Waals surface area contributed by atoms with E-state index in [1.807, 2.05) is 36.4 Å². The minimum Gasteiger partial charge on any atom is -0.497 e. The highest BCUT2D eigenvalue weighted by Crippen LogP contribution is 2.20. The number of nitrogens with one attached hydrogen (secondary N) is 1. The topological polar surface area (TPSA) is 47.0 Å². The second kappa shape index (κ2) is 8.07. The number of aromatic nitrogens is 2. The fourth-order valence-electron chi connectivity index (χ4n) is 2.51. The molecule has 3 rings (SSSR count). The van der Waals surface area contributed by atoms with Crippen molar-refractivity contribution >= 4 is 16.7 Å². The third-order valence-electron chi connectivity index (χ3n) is 3.96. The Kier molecular flexibility index (Phi) is 5.60. The molecule has 6 heteroatoms. The summed E-state index contributed by atoms with van der Waals surface area (Å²) in [7, 11) is 1.66. The molecular formula is C19H20FN3OS. The Morgan fingerprint density at radius 1 is 1.20 bits per heavy atom. The van der Waals surface area contributed by atoms with Crippen LogP contribution in [0.2, 0.25) is 0 Å². The molecule has 1 aromatic heterocycles. The van der Waals surface area contributed by atoms with Crippen molar-refractivity contribution in [3.8, 4) is 5.75 Å². The lowest BCUT2D eigenvalue weighted by atomic mass is 10.0. The van der Waals surface area contributed by atoms with Crippen LogP contribution in [-0.2, 0) is 6.42 Å². The Hall–Kier alpha value is -2.47. The Labute approximate surface area is 150 Å². The molecule has 0 fully saturated rings. The lowest BCUT2D eigenvalue weighted by molar-refractivity contribution is 0.414. The van der Waals surface area contributed by atoms with E-state index in [-0.39, 0.29) is 11.7 Å². The first-order chi connectivity index (χ1) is 12.1. The van der Waals surface area contributed by atoms with Crippen LogP contribution in [0.4, 0.5) is 9.52 Å². The summed E-state index contributed by atoms with van der Waals surface area (Å²) in [5.41, 5.74) is 2.21. The molecule has 0 saturated heterocycles. The predicted octanol–water partition coefficient (Wildman–Crippen LogP) is 4.49. The second-order valence-electron chi connectivity index (χ2n) is 5.88. The molecule has 130 valence electrons. The standard InChI is InChI=1S/C19H20FN3OS/c1-13(15-6-8-16(20)9-7-15)12-21-19-22-18(23-25-19)11-14-4-3-5-17(10-14)24-2/h3-10,13H,11-12H2,1-2H3,(H,21,22,23)/t13-/m0/s1. The Morgan fingerprint density at radius 2 is 2.00 bits per heavy atom. The van der Waals surface area contributed by atoms with E-state index in [1.54, 1.807) is 7.11 Å². The molecule has 25 heavy (non-hydrogen) atoms. The average molecular weight is 357 g/mol. The molecule has 0 aliphatic carbocycles. The van der Waals surface area contributed by atoms with Crippen LogP contribution >= 0.6 is 11.5 Å². The van der Waals surface area contributed by atoms with Crippen molar-refractivity contribution in [3.63, 3.8) is 0 Å². The van der Waals surface area contributed by atoms with Gasteiger partial charge in [0.15, 0.2) is 0 Å². The van der Waals surface area contributed by atoms with E-state index in [0.29, 0.717) is 6.42 Å². The Balaban J connectivity index is 1.57. The van der Waals surface area contributed by atoms with Gasteiger partial charge in [-0.15, -0.1) is 0 Å². The summed E-state index contributed by atoms with van der Waals surface area (Å²) in [6, 6.07) is 14.5. The van der Waals surface area contributed by atoms with Crippen molar-refractivity contribution in [1.82, 2.24) is 9.36 Å². The number of hydrogen-bond donors (Lipinski definition) is 1. The number of benzene rings is 2. The number of hydrogen-bond acceptors (Lipinski definition) is 5. The minimum atomic E-state index is -0.213. The van der Waals surface area contributed by atoms with E-state index >= 15 is 0 Å². The predicted molar refractivity (Wildman–Crippen MR) is 99.0 cm³/mol. The van der Waals surface area contributed by atoms with Crippen LogP contribution in [0.5, 0.6) is 5.75 Å². The number of methoxy groups -OCH3 is 1. The van der Waals surface area contributed by atoms with Crippen LogP contribution in [0.1, 0.15) is 29.8 Å². The largest absolute Gasteiger partial charge is 0.497 e. The first-order valence-corrected chi connectivity index (χ1v) is 8.86. The van der Waals surface area contributed by atoms with Crippen LogP contribution < -0.4 is 10.1 Å². The van der Waals surface area contributed by atoms with Gasteiger partial charge in [0.05, 0.1) is 7.11 Å². The molecule has 1 N–H and O–H groups in total. The van der Waals surface area contributed by atoms with E-state index in [2.05, 4.69) is 21.6 Å². The average Bonchev–Trinajstić information content (AvgIpc) is 3.08. The number of ether oxygens (including phenoxy) is 1. The van der Waals surface area contributed by atoms with Gasteiger partial charge in [-0.1, -0.05) is 31.2 Å². The molecule has 1 atom stereocenters. The summed E-state index contributed by atoms with van der Waals surface area (Å²) in [5.74, 6) is 1.66. The van der Waals surface area contributed by atoms with Crippen LogP contribution in [0.25, 0.3) is 0 Å². The molecular weight excluding hydrogens is 337 g/mol. The zero-order chi connectivity index (χ0) is 17.6. The molecule has 1 heterocycles. The van der Waals surface area contributed by atoms with Crippen LogP contribution in [0.15, 0.2) is 48.5 Å². The summed E-state index contributed by atoms with van der Waals surface area (Å²) in [5, 5.41) is 4.11. The lowest BCUT2D eigenvalue weighted by Gasteiger charge is -2.12.